The van der Waals surface area contributed by atoms with E-state index < -0.39 is 5.92 Å². The summed E-state index contributed by atoms with van der Waals surface area (Å²) in [6.45, 7) is 1.00. The second kappa shape index (κ2) is 7.13. The van der Waals surface area contributed by atoms with Crippen LogP contribution in [0.3, 0.4) is 0 Å². The molecule has 0 N–H and O–H groups in total. The van der Waals surface area contributed by atoms with Gasteiger partial charge < -0.3 is 9.80 Å². The molecule has 0 aliphatic carbocycles. The number of hydrogen-bond donors (Lipinski definition) is 0. The van der Waals surface area contributed by atoms with Gasteiger partial charge in [-0.05, 0) is 46.1 Å². The molecule has 6 heteroatoms. The van der Waals surface area contributed by atoms with Gasteiger partial charge in [-0.3, -0.25) is 14.6 Å². The van der Waals surface area contributed by atoms with Crippen LogP contribution in [0.5, 0.6) is 0 Å². The number of carbonyl (C=O) groups is 2. The summed E-state index contributed by atoms with van der Waals surface area (Å²) >= 11 is 3.47. The van der Waals surface area contributed by atoms with Crippen molar-refractivity contribution >= 4 is 33.4 Å². The van der Waals surface area contributed by atoms with Gasteiger partial charge in [0, 0.05) is 37.0 Å². The Morgan fingerprint density at radius 1 is 1.33 bits per heavy atom. The predicted molar refractivity (Wildman–Crippen MR) is 95.3 cm³/mol. The van der Waals surface area contributed by atoms with Crippen molar-refractivity contribution in [2.45, 2.75) is 13.0 Å². The first-order valence-electron chi connectivity index (χ1n) is 7.77. The Kier molecular flexibility index (Phi) is 4.94. The van der Waals surface area contributed by atoms with Gasteiger partial charge in [0.05, 0.1) is 5.69 Å². The Labute approximate surface area is 149 Å². The van der Waals surface area contributed by atoms with Crippen molar-refractivity contribution < 1.29 is 9.59 Å². The number of pyridine rings is 1. The number of amides is 2. The molecular formula is C18H18BrN3O2. The number of anilines is 1. The minimum absolute atomic E-state index is 0.134. The van der Waals surface area contributed by atoms with E-state index in [2.05, 4.69) is 20.9 Å². The molecule has 1 aromatic carbocycles. The van der Waals surface area contributed by atoms with E-state index in [0.29, 0.717) is 19.5 Å². The highest BCUT2D eigenvalue weighted by molar-refractivity contribution is 9.10. The van der Waals surface area contributed by atoms with Crippen LogP contribution < -0.4 is 4.90 Å². The van der Waals surface area contributed by atoms with Crippen molar-refractivity contribution in [3.05, 3.63) is 58.8 Å². The summed E-state index contributed by atoms with van der Waals surface area (Å²) in [5.41, 5.74) is 1.76. The van der Waals surface area contributed by atoms with Gasteiger partial charge in [-0.25, -0.2) is 0 Å². The number of benzene rings is 1. The smallest absolute Gasteiger partial charge is 0.239 e. The number of hydrogen-bond acceptors (Lipinski definition) is 3. The molecule has 0 bridgehead atoms. The first-order chi connectivity index (χ1) is 11.6. The van der Waals surface area contributed by atoms with E-state index in [1.807, 2.05) is 36.4 Å². The van der Waals surface area contributed by atoms with Gasteiger partial charge >= 0.3 is 0 Å². The van der Waals surface area contributed by atoms with Crippen LogP contribution >= 0.6 is 15.9 Å². The molecule has 24 heavy (non-hydrogen) atoms. The van der Waals surface area contributed by atoms with Gasteiger partial charge in [0.2, 0.25) is 11.8 Å². The molecule has 3 rings (SSSR count). The molecule has 1 saturated heterocycles. The van der Waals surface area contributed by atoms with Crippen LogP contribution in [0.4, 0.5) is 5.69 Å². The zero-order chi connectivity index (χ0) is 17.1. The van der Waals surface area contributed by atoms with Crippen molar-refractivity contribution in [2.75, 3.05) is 18.5 Å². The molecule has 1 fully saturated rings. The molecule has 2 heterocycles. The lowest BCUT2D eigenvalue weighted by Gasteiger charge is -2.21. The number of carbonyl (C=O) groups excluding carboxylic acids is 2. The van der Waals surface area contributed by atoms with Crippen molar-refractivity contribution in [1.82, 2.24) is 9.88 Å². The maximum atomic E-state index is 12.7. The fourth-order valence-corrected chi connectivity index (χ4v) is 3.43. The van der Waals surface area contributed by atoms with E-state index in [4.69, 9.17) is 0 Å². The summed E-state index contributed by atoms with van der Waals surface area (Å²) in [7, 11) is 1.73. The number of para-hydroxylation sites is 1. The lowest BCUT2D eigenvalue weighted by atomic mass is 10.1. The molecule has 0 saturated carbocycles. The topological polar surface area (TPSA) is 53.5 Å². The van der Waals surface area contributed by atoms with Crippen molar-refractivity contribution in [2.24, 2.45) is 5.92 Å². The molecule has 2 aromatic rings. The molecule has 0 spiro atoms. The summed E-state index contributed by atoms with van der Waals surface area (Å²) in [4.78, 5) is 32.7. The summed E-state index contributed by atoms with van der Waals surface area (Å²) in [6, 6.07) is 11.3. The predicted octanol–water partition coefficient (Wildman–Crippen LogP) is 2.86. The molecular weight excluding hydrogens is 370 g/mol. The Bertz CT molecular complexity index is 751. The summed E-state index contributed by atoms with van der Waals surface area (Å²) in [6.07, 6.45) is 3.96. The second-order valence-electron chi connectivity index (χ2n) is 5.84. The molecule has 1 atom stereocenters. The van der Waals surface area contributed by atoms with E-state index in [-0.39, 0.29) is 11.8 Å². The number of rotatable bonds is 4. The molecule has 1 aromatic heterocycles. The summed E-state index contributed by atoms with van der Waals surface area (Å²) in [5, 5.41) is 0. The van der Waals surface area contributed by atoms with Crippen molar-refractivity contribution in [3.8, 4) is 0 Å². The molecule has 124 valence electrons. The van der Waals surface area contributed by atoms with Gasteiger partial charge in [-0.15, -0.1) is 0 Å². The van der Waals surface area contributed by atoms with E-state index >= 15 is 0 Å². The van der Waals surface area contributed by atoms with Gasteiger partial charge in [-0.2, -0.15) is 0 Å². The van der Waals surface area contributed by atoms with E-state index in [1.54, 1.807) is 29.2 Å². The van der Waals surface area contributed by atoms with Crippen molar-refractivity contribution in [1.29, 1.82) is 0 Å². The first-order valence-corrected chi connectivity index (χ1v) is 8.57. The Morgan fingerprint density at radius 3 is 2.83 bits per heavy atom. The molecule has 5 nitrogen and oxygen atoms in total. The van der Waals surface area contributed by atoms with Crippen LogP contribution in [0, 0.1) is 5.92 Å². The second-order valence-corrected chi connectivity index (χ2v) is 6.69. The van der Waals surface area contributed by atoms with Crippen LogP contribution in [0.1, 0.15) is 12.0 Å². The van der Waals surface area contributed by atoms with Gasteiger partial charge in [0.25, 0.3) is 0 Å². The minimum atomic E-state index is -0.612. The van der Waals surface area contributed by atoms with E-state index in [9.17, 15) is 9.59 Å². The maximum Gasteiger partial charge on any atom is 0.239 e. The number of nitrogens with zero attached hydrogens (tertiary/aromatic N) is 3. The number of halogens is 1. The normalized spacial score (nSPS) is 17.2. The average Bonchev–Trinajstić information content (AvgIpc) is 2.97. The highest BCUT2D eigenvalue weighted by Gasteiger charge is 2.39. The third-order valence-electron chi connectivity index (χ3n) is 4.17. The Morgan fingerprint density at radius 2 is 2.12 bits per heavy atom. The zero-order valence-electron chi connectivity index (χ0n) is 13.4. The van der Waals surface area contributed by atoms with E-state index in [0.717, 1.165) is 15.7 Å². The Hall–Kier alpha value is -2.21. The average molecular weight is 388 g/mol. The lowest BCUT2D eigenvalue weighted by Crippen LogP contribution is -2.37. The SMILES string of the molecule is CN(Cc1cccnc1)C(=O)C1CCN(c2ccccc2Br)C1=O. The number of aromatic nitrogens is 1. The zero-order valence-corrected chi connectivity index (χ0v) is 14.9. The first kappa shape index (κ1) is 16.6. The third kappa shape index (κ3) is 3.33. The van der Waals surface area contributed by atoms with Crippen LogP contribution in [0.2, 0.25) is 0 Å². The molecule has 0 radical (unpaired) electrons. The van der Waals surface area contributed by atoms with Crippen LogP contribution in [-0.4, -0.2) is 35.3 Å². The fraction of sp³-hybridized carbons (Fsp3) is 0.278. The highest BCUT2D eigenvalue weighted by Crippen LogP contribution is 2.32. The largest absolute Gasteiger partial charge is 0.341 e. The monoisotopic (exact) mass is 387 g/mol. The van der Waals surface area contributed by atoms with Gasteiger partial charge in [0.1, 0.15) is 5.92 Å². The van der Waals surface area contributed by atoms with Crippen LogP contribution in [0.25, 0.3) is 0 Å². The molecule has 1 unspecified atom stereocenters. The quantitative estimate of drug-likeness (QED) is 0.757. The Balaban J connectivity index is 1.70. The summed E-state index contributed by atoms with van der Waals surface area (Å²) in [5.74, 6) is -0.887. The van der Waals surface area contributed by atoms with Gasteiger partial charge in [-0.1, -0.05) is 18.2 Å². The summed E-state index contributed by atoms with van der Waals surface area (Å²) < 4.78 is 0.857. The van der Waals surface area contributed by atoms with Gasteiger partial charge in [0.15, 0.2) is 0 Å². The maximum absolute atomic E-state index is 12.7. The van der Waals surface area contributed by atoms with Crippen LogP contribution in [-0.2, 0) is 16.1 Å². The molecule has 1 aliphatic rings. The third-order valence-corrected chi connectivity index (χ3v) is 4.84. The molecule has 1 aliphatic heterocycles. The minimum Gasteiger partial charge on any atom is -0.341 e. The standard InChI is InChI=1S/C18H18BrN3O2/c1-21(12-13-5-4-9-20-11-13)17(23)14-8-10-22(18(14)24)16-7-3-2-6-15(16)19/h2-7,9,11,14H,8,10,12H2,1H3. The fourth-order valence-electron chi connectivity index (χ4n) is 2.93. The molecule has 2 amide bonds. The van der Waals surface area contributed by atoms with E-state index in [1.165, 1.54) is 0 Å². The van der Waals surface area contributed by atoms with Crippen LogP contribution in [0.15, 0.2) is 53.3 Å². The highest BCUT2D eigenvalue weighted by atomic mass is 79.9. The van der Waals surface area contributed by atoms with Crippen molar-refractivity contribution in [3.63, 3.8) is 0 Å². The lowest BCUT2D eigenvalue weighted by molar-refractivity contribution is -0.139.